The molecule has 3 rings (SSSR count). The van der Waals surface area contributed by atoms with Gasteiger partial charge < -0.3 is 10.2 Å². The van der Waals surface area contributed by atoms with Crippen LogP contribution >= 0.6 is 11.6 Å². The predicted octanol–water partition coefficient (Wildman–Crippen LogP) is 3.61. The van der Waals surface area contributed by atoms with Crippen LogP contribution in [-0.4, -0.2) is 47.1 Å². The van der Waals surface area contributed by atoms with Gasteiger partial charge in [0.05, 0.1) is 10.6 Å². The normalized spacial score (nSPS) is 17.3. The van der Waals surface area contributed by atoms with E-state index in [9.17, 15) is 14.4 Å². The third-order valence-electron chi connectivity index (χ3n) is 5.43. The molecule has 0 spiro atoms. The van der Waals surface area contributed by atoms with Gasteiger partial charge >= 0.3 is 0 Å². The van der Waals surface area contributed by atoms with Gasteiger partial charge in [-0.2, -0.15) is 0 Å². The average Bonchev–Trinajstić information content (AvgIpc) is 2.78. The van der Waals surface area contributed by atoms with E-state index in [1.807, 2.05) is 23.1 Å². The number of piperidine rings is 1. The number of hydrogen-bond acceptors (Lipinski definition) is 4. The number of ketones is 1. The highest BCUT2D eigenvalue weighted by Crippen LogP contribution is 2.20. The van der Waals surface area contributed by atoms with E-state index in [2.05, 4.69) is 10.3 Å². The number of nitrogens with one attached hydrogen (secondary N) is 1. The molecule has 2 atom stereocenters. The quantitative estimate of drug-likeness (QED) is 0.684. The molecule has 0 aliphatic carbocycles. The summed E-state index contributed by atoms with van der Waals surface area (Å²) in [5.41, 5.74) is 1.02. The molecular weight excluding hydrogens is 402 g/mol. The van der Waals surface area contributed by atoms with Crippen LogP contribution in [0.3, 0.4) is 0 Å². The average molecular weight is 428 g/mol. The zero-order chi connectivity index (χ0) is 21.5. The number of carbonyl (C=O) groups excluding carboxylic acids is 3. The first-order chi connectivity index (χ1) is 14.5. The SMILES string of the molecule is CC(CC(=O)N1CCCC(CNC(=O)c2ccncc2Cl)C1)C(=O)c1ccccc1. The largest absolute Gasteiger partial charge is 0.352 e. The lowest BCUT2D eigenvalue weighted by molar-refractivity contribution is -0.133. The number of hydrogen-bond donors (Lipinski definition) is 1. The Morgan fingerprint density at radius 3 is 2.73 bits per heavy atom. The monoisotopic (exact) mass is 427 g/mol. The molecule has 2 amide bonds. The van der Waals surface area contributed by atoms with Crippen molar-refractivity contribution >= 4 is 29.2 Å². The van der Waals surface area contributed by atoms with Gasteiger partial charge in [0, 0.05) is 49.9 Å². The lowest BCUT2D eigenvalue weighted by atomic mass is 9.94. The zero-order valence-corrected chi connectivity index (χ0v) is 17.8. The van der Waals surface area contributed by atoms with Crippen LogP contribution in [0.4, 0.5) is 0 Å². The minimum absolute atomic E-state index is 0.0139. The van der Waals surface area contributed by atoms with Gasteiger partial charge in [0.2, 0.25) is 5.91 Å². The Balaban J connectivity index is 1.50. The van der Waals surface area contributed by atoms with E-state index in [1.54, 1.807) is 25.1 Å². The first-order valence-corrected chi connectivity index (χ1v) is 10.6. The lowest BCUT2D eigenvalue weighted by Crippen LogP contribution is -2.44. The molecule has 0 radical (unpaired) electrons. The van der Waals surface area contributed by atoms with Gasteiger partial charge in [-0.15, -0.1) is 0 Å². The number of nitrogens with zero attached hydrogens (tertiary/aromatic N) is 2. The van der Waals surface area contributed by atoms with Crippen molar-refractivity contribution in [1.82, 2.24) is 15.2 Å². The van der Waals surface area contributed by atoms with E-state index >= 15 is 0 Å². The highest BCUT2D eigenvalue weighted by atomic mass is 35.5. The third-order valence-corrected chi connectivity index (χ3v) is 5.73. The summed E-state index contributed by atoms with van der Waals surface area (Å²) in [5.74, 6) is -0.465. The van der Waals surface area contributed by atoms with Crippen molar-refractivity contribution in [3.05, 3.63) is 64.9 Å². The summed E-state index contributed by atoms with van der Waals surface area (Å²) in [4.78, 5) is 43.3. The molecule has 2 unspecified atom stereocenters. The molecule has 6 nitrogen and oxygen atoms in total. The number of benzene rings is 1. The van der Waals surface area contributed by atoms with Gasteiger partial charge in [0.1, 0.15) is 0 Å². The summed E-state index contributed by atoms with van der Waals surface area (Å²) in [6.45, 7) is 3.54. The van der Waals surface area contributed by atoms with Gasteiger partial charge in [0.25, 0.3) is 5.91 Å². The van der Waals surface area contributed by atoms with Gasteiger partial charge in [0.15, 0.2) is 5.78 Å². The number of carbonyl (C=O) groups is 3. The maximum atomic E-state index is 12.8. The molecule has 1 saturated heterocycles. The molecule has 7 heteroatoms. The summed E-state index contributed by atoms with van der Waals surface area (Å²) < 4.78 is 0. The number of aromatic nitrogens is 1. The molecule has 0 bridgehead atoms. The fraction of sp³-hybridized carbons (Fsp3) is 0.391. The van der Waals surface area contributed by atoms with Crippen molar-refractivity contribution < 1.29 is 14.4 Å². The van der Waals surface area contributed by atoms with E-state index in [0.29, 0.717) is 35.8 Å². The van der Waals surface area contributed by atoms with E-state index < -0.39 is 0 Å². The number of rotatable bonds is 7. The number of halogens is 1. The topological polar surface area (TPSA) is 79.4 Å². The first-order valence-electron chi connectivity index (χ1n) is 10.2. The van der Waals surface area contributed by atoms with Gasteiger partial charge in [-0.3, -0.25) is 19.4 Å². The zero-order valence-electron chi connectivity index (χ0n) is 17.0. The summed E-state index contributed by atoms with van der Waals surface area (Å²) in [5, 5.41) is 3.22. The lowest BCUT2D eigenvalue weighted by Gasteiger charge is -2.33. The molecule has 1 aliphatic rings. The van der Waals surface area contributed by atoms with Crippen molar-refractivity contribution in [2.24, 2.45) is 11.8 Å². The maximum Gasteiger partial charge on any atom is 0.252 e. The second kappa shape index (κ2) is 10.3. The van der Waals surface area contributed by atoms with Gasteiger partial charge in [-0.25, -0.2) is 0 Å². The Bertz CT molecular complexity index is 904. The smallest absolute Gasteiger partial charge is 0.252 e. The Labute approximate surface area is 181 Å². The van der Waals surface area contributed by atoms with Crippen molar-refractivity contribution in [3.63, 3.8) is 0 Å². The molecule has 0 saturated carbocycles. The van der Waals surface area contributed by atoms with E-state index in [1.165, 1.54) is 12.4 Å². The van der Waals surface area contributed by atoms with Crippen LogP contribution in [0.15, 0.2) is 48.8 Å². The summed E-state index contributed by atoms with van der Waals surface area (Å²) in [6, 6.07) is 10.6. The molecule has 1 N–H and O–H groups in total. The highest BCUT2D eigenvalue weighted by Gasteiger charge is 2.27. The van der Waals surface area contributed by atoms with E-state index in [4.69, 9.17) is 11.6 Å². The number of pyridine rings is 1. The number of amides is 2. The number of likely N-dealkylation sites (tertiary alicyclic amines) is 1. The molecular formula is C23H26ClN3O3. The van der Waals surface area contributed by atoms with Crippen LogP contribution in [0.2, 0.25) is 5.02 Å². The van der Waals surface area contributed by atoms with Crippen molar-refractivity contribution in [2.45, 2.75) is 26.2 Å². The fourth-order valence-corrected chi connectivity index (χ4v) is 3.93. The second-order valence-corrected chi connectivity index (χ2v) is 8.16. The van der Waals surface area contributed by atoms with Crippen LogP contribution < -0.4 is 5.32 Å². The Hall–Kier alpha value is -2.73. The third kappa shape index (κ3) is 5.66. The Kier molecular flexibility index (Phi) is 7.57. The molecule has 1 aromatic heterocycles. The van der Waals surface area contributed by atoms with Crippen molar-refractivity contribution in [1.29, 1.82) is 0 Å². The predicted molar refractivity (Wildman–Crippen MR) is 115 cm³/mol. The molecule has 2 aromatic rings. The first kappa shape index (κ1) is 22.0. The van der Waals surface area contributed by atoms with Gasteiger partial charge in [-0.05, 0) is 24.8 Å². The van der Waals surface area contributed by atoms with Crippen LogP contribution in [0.25, 0.3) is 0 Å². The molecule has 2 heterocycles. The highest BCUT2D eigenvalue weighted by molar-refractivity contribution is 6.33. The molecule has 1 aliphatic heterocycles. The van der Waals surface area contributed by atoms with E-state index in [0.717, 1.165) is 12.8 Å². The van der Waals surface area contributed by atoms with Crippen molar-refractivity contribution in [3.8, 4) is 0 Å². The van der Waals surface area contributed by atoms with Crippen LogP contribution in [0.1, 0.15) is 46.9 Å². The number of Topliss-reactive ketones (excluding diaryl/α,β-unsaturated/α-hetero) is 1. The minimum atomic E-state index is -0.367. The van der Waals surface area contributed by atoms with Gasteiger partial charge in [-0.1, -0.05) is 48.9 Å². The van der Waals surface area contributed by atoms with Crippen molar-refractivity contribution in [2.75, 3.05) is 19.6 Å². The van der Waals surface area contributed by atoms with Crippen LogP contribution in [0.5, 0.6) is 0 Å². The molecule has 30 heavy (non-hydrogen) atoms. The second-order valence-electron chi connectivity index (χ2n) is 7.75. The maximum absolute atomic E-state index is 12.8. The van der Waals surface area contributed by atoms with Crippen LogP contribution in [-0.2, 0) is 4.79 Å². The Morgan fingerprint density at radius 2 is 2.00 bits per heavy atom. The summed E-state index contributed by atoms with van der Waals surface area (Å²) in [7, 11) is 0. The van der Waals surface area contributed by atoms with Crippen LogP contribution in [0, 0.1) is 11.8 Å². The molecule has 1 fully saturated rings. The molecule has 1 aromatic carbocycles. The minimum Gasteiger partial charge on any atom is -0.352 e. The Morgan fingerprint density at radius 1 is 1.23 bits per heavy atom. The summed E-state index contributed by atoms with van der Waals surface area (Å²) in [6.07, 6.45) is 4.98. The van der Waals surface area contributed by atoms with E-state index in [-0.39, 0.29) is 35.9 Å². The molecule has 158 valence electrons. The summed E-state index contributed by atoms with van der Waals surface area (Å²) >= 11 is 6.02. The fourth-order valence-electron chi connectivity index (χ4n) is 3.72. The standard InChI is InChI=1S/C23H26ClN3O3/c1-16(22(29)18-7-3-2-4-8-18)12-21(28)27-11-5-6-17(15-27)13-26-23(30)19-9-10-25-14-20(19)24/h2-4,7-10,14,16-17H,5-6,11-13,15H2,1H3,(H,26,30).